The highest BCUT2D eigenvalue weighted by molar-refractivity contribution is 9.11. The highest BCUT2D eigenvalue weighted by atomic mass is 79.9. The van der Waals surface area contributed by atoms with Gasteiger partial charge in [-0.05, 0) is 18.9 Å². The van der Waals surface area contributed by atoms with Crippen LogP contribution in [0.1, 0.15) is 32.1 Å². The Morgan fingerprint density at radius 3 is 2.88 bits per heavy atom. The summed E-state index contributed by atoms with van der Waals surface area (Å²) in [6.07, 6.45) is 8.51. The molecule has 1 fully saturated rings. The number of nitrogens with zero attached hydrogens (tertiary/aromatic N) is 2. The third kappa shape index (κ3) is 2.18. The van der Waals surface area contributed by atoms with Gasteiger partial charge in [0, 0.05) is 11.6 Å². The minimum Gasteiger partial charge on any atom is -0.247 e. The Morgan fingerprint density at radius 2 is 2.12 bits per heavy atom. The number of allylic oxidation sites excluding steroid dienone is 1. The van der Waals surface area contributed by atoms with Crippen molar-refractivity contribution < 1.29 is 0 Å². The van der Waals surface area contributed by atoms with Gasteiger partial charge in [0.25, 0.3) is 0 Å². The van der Waals surface area contributed by atoms with Crippen molar-refractivity contribution in [3.63, 3.8) is 0 Å². The average Bonchev–Trinajstić information content (AvgIpc) is 2.73. The van der Waals surface area contributed by atoms with Crippen molar-refractivity contribution in [3.05, 3.63) is 21.5 Å². The normalized spacial score (nSPS) is 25.9. The van der Waals surface area contributed by atoms with E-state index in [1.807, 2.05) is 11.1 Å². The smallest absolute Gasteiger partial charge is 0.160 e. The molecule has 0 atom stereocenters. The second-order valence-electron chi connectivity index (χ2n) is 4.74. The van der Waals surface area contributed by atoms with Crippen molar-refractivity contribution in [1.82, 2.24) is 10.4 Å². The van der Waals surface area contributed by atoms with Gasteiger partial charge >= 0.3 is 0 Å². The Balaban J connectivity index is 1.90. The van der Waals surface area contributed by atoms with Crippen LogP contribution in [-0.4, -0.2) is 17.3 Å². The van der Waals surface area contributed by atoms with Gasteiger partial charge in [-0.1, -0.05) is 46.8 Å². The minimum absolute atomic E-state index is 0.591. The summed E-state index contributed by atoms with van der Waals surface area (Å²) >= 11 is 9.83. The van der Waals surface area contributed by atoms with Gasteiger partial charge in [-0.25, -0.2) is 15.4 Å². The van der Waals surface area contributed by atoms with E-state index in [0.29, 0.717) is 5.92 Å². The molecular formula is C12H15BrClN3. The van der Waals surface area contributed by atoms with Crippen molar-refractivity contribution in [3.8, 4) is 0 Å². The minimum atomic E-state index is 0.591. The van der Waals surface area contributed by atoms with E-state index >= 15 is 0 Å². The molecule has 1 N–H and O–H groups in total. The van der Waals surface area contributed by atoms with E-state index in [1.165, 1.54) is 32.1 Å². The van der Waals surface area contributed by atoms with Gasteiger partial charge in [-0.3, -0.25) is 0 Å². The zero-order chi connectivity index (χ0) is 11.8. The lowest BCUT2D eigenvalue weighted by Crippen LogP contribution is -2.32. The van der Waals surface area contributed by atoms with E-state index < -0.39 is 0 Å². The Bertz CT molecular complexity index is 421. The van der Waals surface area contributed by atoms with E-state index in [0.717, 1.165) is 27.7 Å². The van der Waals surface area contributed by atoms with Gasteiger partial charge in [-0.15, -0.1) is 0 Å². The zero-order valence-corrected chi connectivity index (χ0v) is 11.9. The molecule has 1 saturated carbocycles. The highest BCUT2D eigenvalue weighted by Gasteiger charge is 2.29. The third-order valence-electron chi connectivity index (χ3n) is 3.59. The number of rotatable bonds is 1. The fourth-order valence-electron chi connectivity index (χ4n) is 2.66. The molecule has 5 heteroatoms. The second kappa shape index (κ2) is 4.75. The van der Waals surface area contributed by atoms with Crippen LogP contribution in [-0.2, 0) is 0 Å². The van der Waals surface area contributed by atoms with Crippen LogP contribution in [0.15, 0.2) is 26.5 Å². The van der Waals surface area contributed by atoms with Crippen LogP contribution >= 0.6 is 27.5 Å². The topological polar surface area (TPSA) is 27.6 Å². The summed E-state index contributed by atoms with van der Waals surface area (Å²) in [6.45, 7) is 0.765. The first-order valence-corrected chi connectivity index (χ1v) is 7.31. The highest BCUT2D eigenvalue weighted by Crippen LogP contribution is 2.34. The average molecular weight is 317 g/mol. The number of halogens is 2. The van der Waals surface area contributed by atoms with Crippen molar-refractivity contribution in [2.45, 2.75) is 32.1 Å². The first kappa shape index (κ1) is 11.8. The molecule has 0 saturated heterocycles. The van der Waals surface area contributed by atoms with E-state index in [2.05, 4.69) is 21.4 Å². The second-order valence-corrected chi connectivity index (χ2v) is 6.08. The molecule has 3 aliphatic rings. The molecule has 2 aliphatic heterocycles. The van der Waals surface area contributed by atoms with Crippen molar-refractivity contribution in [2.24, 2.45) is 10.9 Å². The van der Waals surface area contributed by atoms with Crippen LogP contribution in [0.2, 0.25) is 0 Å². The third-order valence-corrected chi connectivity index (χ3v) is 4.50. The number of aliphatic imine (C=N–C) groups is 1. The molecule has 17 heavy (non-hydrogen) atoms. The monoisotopic (exact) mass is 315 g/mol. The molecule has 0 aromatic carbocycles. The van der Waals surface area contributed by atoms with E-state index in [4.69, 9.17) is 16.6 Å². The molecule has 3 rings (SSSR count). The van der Waals surface area contributed by atoms with Crippen LogP contribution in [0.3, 0.4) is 0 Å². The van der Waals surface area contributed by atoms with Crippen molar-refractivity contribution in [1.29, 1.82) is 0 Å². The van der Waals surface area contributed by atoms with Crippen LogP contribution in [0.4, 0.5) is 0 Å². The maximum atomic E-state index is 6.29. The van der Waals surface area contributed by atoms with Gasteiger partial charge in [0.15, 0.2) is 5.82 Å². The first-order chi connectivity index (χ1) is 8.25. The van der Waals surface area contributed by atoms with Gasteiger partial charge in [0.2, 0.25) is 0 Å². The Kier molecular flexibility index (Phi) is 3.28. The number of hydrogen-bond donors (Lipinski definition) is 1. The molecule has 3 nitrogen and oxygen atoms in total. The van der Waals surface area contributed by atoms with Crippen LogP contribution < -0.4 is 5.43 Å². The van der Waals surface area contributed by atoms with Crippen molar-refractivity contribution >= 4 is 33.2 Å². The number of nitrogens with one attached hydrogen (secondary N) is 1. The Labute approximate surface area is 115 Å². The summed E-state index contributed by atoms with van der Waals surface area (Å²) in [6, 6.07) is 0. The summed E-state index contributed by atoms with van der Waals surface area (Å²) in [7, 11) is 0. The molecule has 2 heterocycles. The van der Waals surface area contributed by atoms with Gasteiger partial charge in [0.05, 0.1) is 11.0 Å². The van der Waals surface area contributed by atoms with Crippen LogP contribution in [0.25, 0.3) is 0 Å². The molecule has 0 aromatic heterocycles. The summed E-state index contributed by atoms with van der Waals surface area (Å²) in [5.74, 6) is 1.52. The molecule has 0 aromatic rings. The molecule has 0 bridgehead atoms. The number of hydrazine groups is 1. The maximum absolute atomic E-state index is 6.29. The molecule has 92 valence electrons. The fraction of sp³-hybridized carbons (Fsp3) is 0.583. The first-order valence-electron chi connectivity index (χ1n) is 6.14. The lowest BCUT2D eigenvalue weighted by atomic mass is 9.85. The van der Waals surface area contributed by atoms with E-state index in [9.17, 15) is 0 Å². The Morgan fingerprint density at radius 1 is 1.35 bits per heavy atom. The molecule has 1 aliphatic carbocycles. The lowest BCUT2D eigenvalue weighted by Gasteiger charge is -2.28. The molecule has 0 spiro atoms. The summed E-state index contributed by atoms with van der Waals surface area (Å²) in [5, 5.41) is 2.57. The van der Waals surface area contributed by atoms with Crippen LogP contribution in [0.5, 0.6) is 0 Å². The van der Waals surface area contributed by atoms with E-state index in [-0.39, 0.29) is 0 Å². The standard InChI is InChI=1S/C12H15BrClN3/c13-9-7-15-17-11(14)6-10(16-12(9)17)8-4-2-1-3-5-8/h6,8,15H,1-5,7H2. The fourth-order valence-corrected chi connectivity index (χ4v) is 3.30. The van der Waals surface area contributed by atoms with Crippen LogP contribution in [0, 0.1) is 5.92 Å². The van der Waals surface area contributed by atoms with Gasteiger partial charge < -0.3 is 0 Å². The van der Waals surface area contributed by atoms with Gasteiger partial charge in [-0.2, -0.15) is 0 Å². The van der Waals surface area contributed by atoms with E-state index in [1.54, 1.807) is 0 Å². The zero-order valence-electron chi connectivity index (χ0n) is 9.55. The predicted molar refractivity (Wildman–Crippen MR) is 73.7 cm³/mol. The summed E-state index contributed by atoms with van der Waals surface area (Å²) in [5.41, 5.74) is 4.34. The van der Waals surface area contributed by atoms with Gasteiger partial charge in [0.1, 0.15) is 5.16 Å². The maximum Gasteiger partial charge on any atom is 0.160 e. The molecule has 0 amide bonds. The molecule has 0 unspecified atom stereocenters. The summed E-state index contributed by atoms with van der Waals surface area (Å²) in [4.78, 5) is 4.75. The molecule has 0 radical (unpaired) electrons. The number of fused-ring (bicyclic) bond motifs is 1. The quantitative estimate of drug-likeness (QED) is 0.750. The largest absolute Gasteiger partial charge is 0.247 e. The Hall–Kier alpha value is -0.320. The van der Waals surface area contributed by atoms with Crippen molar-refractivity contribution in [2.75, 3.05) is 6.54 Å². The summed E-state index contributed by atoms with van der Waals surface area (Å²) < 4.78 is 1.08. The molecular weight excluding hydrogens is 302 g/mol. The predicted octanol–water partition coefficient (Wildman–Crippen LogP) is 3.49. The number of hydrogen-bond acceptors (Lipinski definition) is 3. The lowest BCUT2D eigenvalue weighted by molar-refractivity contribution is 0.367. The SMILES string of the molecule is ClC1=CC(C2CCCCC2)=NC2=C(Br)CNN12.